The molecule has 0 aliphatic carbocycles. The Balaban J connectivity index is 4.10. The van der Waals surface area contributed by atoms with Crippen molar-refractivity contribution in [3.63, 3.8) is 0 Å². The minimum Gasteiger partial charge on any atom is -0.478 e. The van der Waals surface area contributed by atoms with E-state index in [9.17, 15) is 18.0 Å². The summed E-state index contributed by atoms with van der Waals surface area (Å²) in [4.78, 5) is 11.2. The lowest BCUT2D eigenvalue weighted by atomic mass is 10.3. The molecular weight excluding hydrogens is 211 g/mol. The van der Waals surface area contributed by atoms with Gasteiger partial charge in [-0.1, -0.05) is 13.0 Å². The molecule has 0 saturated carbocycles. The van der Waals surface area contributed by atoms with Crippen molar-refractivity contribution in [2.45, 2.75) is 19.5 Å². The van der Waals surface area contributed by atoms with Crippen LogP contribution in [0.5, 0.6) is 0 Å². The third-order valence-electron chi connectivity index (χ3n) is 1.57. The molecule has 0 bridgehead atoms. The Bertz CT molecular complexity index is 226. The molecule has 0 spiro atoms. The number of nitrogens with zero attached hydrogens (tertiary/aromatic N) is 1. The van der Waals surface area contributed by atoms with Crippen LogP contribution in [0.25, 0.3) is 0 Å². The molecule has 0 rings (SSSR count). The molecule has 0 saturated heterocycles. The van der Waals surface area contributed by atoms with Gasteiger partial charge in [0.2, 0.25) is 0 Å². The second-order valence-electron chi connectivity index (χ2n) is 3.09. The summed E-state index contributed by atoms with van der Waals surface area (Å²) in [5.74, 6) is -1.15. The van der Waals surface area contributed by atoms with Gasteiger partial charge in [-0.05, 0) is 13.0 Å². The number of alkyl halides is 3. The van der Waals surface area contributed by atoms with E-state index in [0.717, 1.165) is 11.0 Å². The summed E-state index contributed by atoms with van der Waals surface area (Å²) in [5.41, 5.74) is 0. The summed E-state index contributed by atoms with van der Waals surface area (Å²) >= 11 is 0. The Labute approximate surface area is 86.2 Å². The van der Waals surface area contributed by atoms with E-state index in [1.54, 1.807) is 6.92 Å². The van der Waals surface area contributed by atoms with Crippen LogP contribution in [0, 0.1) is 0 Å². The van der Waals surface area contributed by atoms with Gasteiger partial charge in [-0.15, -0.1) is 0 Å². The molecule has 0 unspecified atom stereocenters. The van der Waals surface area contributed by atoms with Crippen LogP contribution in [0.1, 0.15) is 13.3 Å². The molecule has 0 aliphatic rings. The molecule has 3 nitrogen and oxygen atoms in total. The maximum Gasteiger partial charge on any atom is 0.401 e. The van der Waals surface area contributed by atoms with Gasteiger partial charge >= 0.3 is 12.1 Å². The van der Waals surface area contributed by atoms with Gasteiger partial charge in [-0.3, -0.25) is 4.90 Å². The van der Waals surface area contributed by atoms with E-state index in [4.69, 9.17) is 5.11 Å². The van der Waals surface area contributed by atoms with Crippen LogP contribution >= 0.6 is 0 Å². The molecule has 15 heavy (non-hydrogen) atoms. The third-order valence-corrected chi connectivity index (χ3v) is 1.57. The fourth-order valence-corrected chi connectivity index (χ4v) is 1.11. The van der Waals surface area contributed by atoms with Crippen LogP contribution in [-0.4, -0.2) is 41.8 Å². The molecule has 0 aromatic rings. The van der Waals surface area contributed by atoms with E-state index < -0.39 is 18.7 Å². The molecule has 0 aliphatic heterocycles. The minimum atomic E-state index is -4.24. The zero-order valence-electron chi connectivity index (χ0n) is 8.42. The van der Waals surface area contributed by atoms with Crippen molar-refractivity contribution in [1.29, 1.82) is 0 Å². The predicted molar refractivity (Wildman–Crippen MR) is 49.6 cm³/mol. The first-order valence-electron chi connectivity index (χ1n) is 4.53. The number of aliphatic carboxylic acids is 1. The molecule has 88 valence electrons. The standard InChI is InChI=1S/C9H14F3NO2/c1-2-5-13(7-9(10,11)12)6-3-4-8(14)15/h3-4H,2,5-7H2,1H3,(H,14,15). The molecule has 0 amide bonds. The van der Waals surface area contributed by atoms with Gasteiger partial charge in [0.05, 0.1) is 6.54 Å². The second-order valence-corrected chi connectivity index (χ2v) is 3.09. The van der Waals surface area contributed by atoms with Crippen molar-refractivity contribution in [1.82, 2.24) is 4.90 Å². The third kappa shape index (κ3) is 9.27. The summed E-state index contributed by atoms with van der Waals surface area (Å²) in [6.45, 7) is 1.05. The van der Waals surface area contributed by atoms with Crippen molar-refractivity contribution >= 4 is 5.97 Å². The van der Waals surface area contributed by atoms with Crippen molar-refractivity contribution in [3.8, 4) is 0 Å². The highest BCUT2D eigenvalue weighted by Gasteiger charge is 2.29. The normalized spacial score (nSPS) is 12.6. The number of carboxylic acid groups (broad SMARTS) is 1. The maximum atomic E-state index is 12.0. The molecule has 6 heteroatoms. The van der Waals surface area contributed by atoms with E-state index in [0.29, 0.717) is 13.0 Å². The van der Waals surface area contributed by atoms with Crippen LogP contribution in [0.4, 0.5) is 13.2 Å². The summed E-state index contributed by atoms with van der Waals surface area (Å²) < 4.78 is 36.1. The van der Waals surface area contributed by atoms with Crippen molar-refractivity contribution < 1.29 is 23.1 Å². The Kier molecular flexibility index (Phi) is 6.00. The molecule has 0 radical (unpaired) electrons. The highest BCUT2D eigenvalue weighted by Crippen LogP contribution is 2.16. The van der Waals surface area contributed by atoms with E-state index in [1.165, 1.54) is 6.08 Å². The lowest BCUT2D eigenvalue weighted by Gasteiger charge is -2.21. The minimum absolute atomic E-state index is 0.000347. The van der Waals surface area contributed by atoms with E-state index >= 15 is 0 Å². The van der Waals surface area contributed by atoms with Gasteiger partial charge in [-0.2, -0.15) is 13.2 Å². The number of carboxylic acids is 1. The van der Waals surface area contributed by atoms with Crippen LogP contribution < -0.4 is 0 Å². The van der Waals surface area contributed by atoms with E-state index in [2.05, 4.69) is 0 Å². The molecule has 0 heterocycles. The zero-order valence-corrected chi connectivity index (χ0v) is 8.42. The topological polar surface area (TPSA) is 40.5 Å². The average molecular weight is 225 g/mol. The first kappa shape index (κ1) is 14.0. The quantitative estimate of drug-likeness (QED) is 0.702. The summed E-state index contributed by atoms with van der Waals surface area (Å²) in [7, 11) is 0. The van der Waals surface area contributed by atoms with Gasteiger partial charge in [0.15, 0.2) is 0 Å². The smallest absolute Gasteiger partial charge is 0.401 e. The van der Waals surface area contributed by atoms with Gasteiger partial charge in [0, 0.05) is 12.6 Å². The van der Waals surface area contributed by atoms with Crippen LogP contribution in [0.2, 0.25) is 0 Å². The van der Waals surface area contributed by atoms with Crippen molar-refractivity contribution in [2.24, 2.45) is 0 Å². The first-order valence-corrected chi connectivity index (χ1v) is 4.53. The monoisotopic (exact) mass is 225 g/mol. The highest BCUT2D eigenvalue weighted by molar-refractivity contribution is 5.79. The van der Waals surface area contributed by atoms with Crippen LogP contribution in [-0.2, 0) is 4.79 Å². The number of hydrogen-bond donors (Lipinski definition) is 1. The van der Waals surface area contributed by atoms with E-state index in [-0.39, 0.29) is 6.54 Å². The zero-order chi connectivity index (χ0) is 11.9. The predicted octanol–water partition coefficient (Wildman–Crippen LogP) is 1.90. The van der Waals surface area contributed by atoms with Gasteiger partial charge in [-0.25, -0.2) is 4.79 Å². The fourth-order valence-electron chi connectivity index (χ4n) is 1.11. The maximum absolute atomic E-state index is 12.0. The van der Waals surface area contributed by atoms with Crippen LogP contribution in [0.3, 0.4) is 0 Å². The fraction of sp³-hybridized carbons (Fsp3) is 0.667. The SMILES string of the molecule is CCCN(CC=CC(=O)O)CC(F)(F)F. The van der Waals surface area contributed by atoms with Gasteiger partial charge < -0.3 is 5.11 Å². The number of hydrogen-bond acceptors (Lipinski definition) is 2. The lowest BCUT2D eigenvalue weighted by molar-refractivity contribution is -0.144. The first-order chi connectivity index (χ1) is 6.85. The molecule has 0 fully saturated rings. The average Bonchev–Trinajstić information content (AvgIpc) is 2.00. The highest BCUT2D eigenvalue weighted by atomic mass is 19.4. The number of carbonyl (C=O) groups is 1. The Morgan fingerprint density at radius 1 is 1.47 bits per heavy atom. The Morgan fingerprint density at radius 2 is 2.07 bits per heavy atom. The molecule has 0 aromatic heterocycles. The van der Waals surface area contributed by atoms with Crippen LogP contribution in [0.15, 0.2) is 12.2 Å². The molecule has 1 N–H and O–H groups in total. The second kappa shape index (κ2) is 6.44. The van der Waals surface area contributed by atoms with Gasteiger partial charge in [0.1, 0.15) is 0 Å². The van der Waals surface area contributed by atoms with Gasteiger partial charge in [0.25, 0.3) is 0 Å². The number of rotatable bonds is 6. The summed E-state index contributed by atoms with van der Waals surface area (Å²) in [5, 5.41) is 8.26. The molecule has 0 aromatic carbocycles. The van der Waals surface area contributed by atoms with Crippen molar-refractivity contribution in [3.05, 3.63) is 12.2 Å². The summed E-state index contributed by atoms with van der Waals surface area (Å²) in [6.07, 6.45) is -1.59. The molecule has 0 atom stereocenters. The van der Waals surface area contributed by atoms with E-state index in [1.807, 2.05) is 0 Å². The largest absolute Gasteiger partial charge is 0.478 e. The van der Waals surface area contributed by atoms with Crippen molar-refractivity contribution in [2.75, 3.05) is 19.6 Å². The number of halogens is 3. The lowest BCUT2D eigenvalue weighted by Crippen LogP contribution is -2.35. The Hall–Kier alpha value is -1.04. The molecular formula is C9H14F3NO2. The summed E-state index contributed by atoms with van der Waals surface area (Å²) in [6, 6.07) is 0. The Morgan fingerprint density at radius 3 is 2.47 bits per heavy atom.